The van der Waals surface area contributed by atoms with Gasteiger partial charge in [0.25, 0.3) is 0 Å². The zero-order chi connectivity index (χ0) is 9.42. The van der Waals surface area contributed by atoms with Crippen LogP contribution in [-0.2, 0) is 6.42 Å². The highest BCUT2D eigenvalue weighted by atomic mass is 35.5. The maximum absolute atomic E-state index is 6.11. The van der Waals surface area contributed by atoms with Crippen LogP contribution in [-0.4, -0.2) is 6.54 Å². The van der Waals surface area contributed by atoms with E-state index >= 15 is 0 Å². The molecule has 0 bridgehead atoms. The average molecular weight is 197 g/mol. The number of hydrogen-bond donors (Lipinski definition) is 2. The van der Waals surface area contributed by atoms with Gasteiger partial charge in [0, 0.05) is 16.8 Å². The van der Waals surface area contributed by atoms with Gasteiger partial charge in [-0.15, -0.1) is 0 Å². The van der Waals surface area contributed by atoms with E-state index in [-0.39, 0.29) is 0 Å². The van der Waals surface area contributed by atoms with Gasteiger partial charge >= 0.3 is 0 Å². The number of nitrogen functional groups attached to an aromatic ring is 1. The van der Waals surface area contributed by atoms with Gasteiger partial charge in [0.15, 0.2) is 0 Å². The van der Waals surface area contributed by atoms with E-state index in [9.17, 15) is 0 Å². The molecule has 0 radical (unpaired) electrons. The molecule has 0 fully saturated rings. The summed E-state index contributed by atoms with van der Waals surface area (Å²) >= 11 is 6.11. The summed E-state index contributed by atoms with van der Waals surface area (Å²) in [5.41, 5.74) is 9.15. The quantitative estimate of drug-likeness (QED) is 0.624. The van der Waals surface area contributed by atoms with Gasteiger partial charge in [-0.05, 0) is 43.1 Å². The SMILES string of the molecule is CC1NCCc2c(N)ccc(Cl)c21. The molecule has 1 heterocycles. The van der Waals surface area contributed by atoms with Crippen LogP contribution in [0.15, 0.2) is 12.1 Å². The normalized spacial score (nSPS) is 21.2. The minimum Gasteiger partial charge on any atom is -0.398 e. The third-order valence-corrected chi connectivity index (χ3v) is 2.93. The molecule has 1 aliphatic rings. The molecule has 1 aliphatic heterocycles. The molecule has 13 heavy (non-hydrogen) atoms. The Kier molecular flexibility index (Phi) is 2.18. The number of halogens is 1. The Balaban J connectivity index is 2.60. The maximum atomic E-state index is 6.11. The summed E-state index contributed by atoms with van der Waals surface area (Å²) in [6.07, 6.45) is 0.978. The molecular weight excluding hydrogens is 184 g/mol. The van der Waals surface area contributed by atoms with Crippen molar-refractivity contribution < 1.29 is 0 Å². The summed E-state index contributed by atoms with van der Waals surface area (Å²) in [5, 5.41) is 4.19. The largest absolute Gasteiger partial charge is 0.398 e. The molecule has 0 saturated heterocycles. The van der Waals surface area contributed by atoms with Crippen LogP contribution in [0.2, 0.25) is 5.02 Å². The first-order valence-corrected chi connectivity index (χ1v) is 4.88. The molecule has 0 aromatic heterocycles. The molecule has 70 valence electrons. The molecule has 2 rings (SSSR count). The van der Waals surface area contributed by atoms with Crippen LogP contribution >= 0.6 is 11.6 Å². The Bertz CT molecular complexity index is 336. The lowest BCUT2D eigenvalue weighted by Gasteiger charge is -2.26. The number of anilines is 1. The van der Waals surface area contributed by atoms with Crippen LogP contribution in [0.25, 0.3) is 0 Å². The Morgan fingerprint density at radius 1 is 1.54 bits per heavy atom. The Hall–Kier alpha value is -0.730. The predicted octanol–water partition coefficient (Wildman–Crippen LogP) is 2.13. The van der Waals surface area contributed by atoms with Gasteiger partial charge in [-0.2, -0.15) is 0 Å². The summed E-state index contributed by atoms with van der Waals surface area (Å²) < 4.78 is 0. The summed E-state index contributed by atoms with van der Waals surface area (Å²) in [7, 11) is 0. The molecular formula is C10H13ClN2. The van der Waals surface area contributed by atoms with Crippen molar-refractivity contribution in [3.63, 3.8) is 0 Å². The molecule has 3 N–H and O–H groups in total. The molecule has 0 saturated carbocycles. The highest BCUT2D eigenvalue weighted by Crippen LogP contribution is 2.32. The third-order valence-electron chi connectivity index (χ3n) is 2.60. The van der Waals surface area contributed by atoms with Gasteiger partial charge in [-0.3, -0.25) is 0 Å². The molecule has 3 heteroatoms. The van der Waals surface area contributed by atoms with Crippen LogP contribution < -0.4 is 11.1 Å². The predicted molar refractivity (Wildman–Crippen MR) is 56.0 cm³/mol. The molecule has 0 spiro atoms. The summed E-state index contributed by atoms with van der Waals surface area (Å²) in [6.45, 7) is 3.10. The lowest BCUT2D eigenvalue weighted by atomic mass is 9.94. The third kappa shape index (κ3) is 1.40. The van der Waals surface area contributed by atoms with E-state index in [2.05, 4.69) is 12.2 Å². The van der Waals surface area contributed by atoms with E-state index in [1.54, 1.807) is 0 Å². The van der Waals surface area contributed by atoms with Crippen molar-refractivity contribution in [3.8, 4) is 0 Å². The van der Waals surface area contributed by atoms with E-state index in [1.165, 1.54) is 11.1 Å². The van der Waals surface area contributed by atoms with Crippen molar-refractivity contribution in [3.05, 3.63) is 28.3 Å². The van der Waals surface area contributed by atoms with Crippen LogP contribution in [0.4, 0.5) is 5.69 Å². The average Bonchev–Trinajstić information content (AvgIpc) is 2.12. The lowest BCUT2D eigenvalue weighted by molar-refractivity contribution is 0.542. The van der Waals surface area contributed by atoms with Crippen molar-refractivity contribution in [2.45, 2.75) is 19.4 Å². The number of benzene rings is 1. The number of hydrogen-bond acceptors (Lipinski definition) is 2. The Morgan fingerprint density at radius 3 is 3.00 bits per heavy atom. The minimum absolute atomic E-state index is 0.319. The molecule has 0 aliphatic carbocycles. The van der Waals surface area contributed by atoms with Crippen LogP contribution in [0.5, 0.6) is 0 Å². The standard InChI is InChI=1S/C10H13ClN2/c1-6-10-7(4-5-13-6)9(12)3-2-8(10)11/h2-3,6,13H,4-5,12H2,1H3. The Labute approximate surface area is 83.1 Å². The molecule has 2 nitrogen and oxygen atoms in total. The van der Waals surface area contributed by atoms with Crippen LogP contribution in [0.1, 0.15) is 24.1 Å². The van der Waals surface area contributed by atoms with Gasteiger partial charge < -0.3 is 11.1 Å². The lowest BCUT2D eigenvalue weighted by Crippen LogP contribution is -2.28. The van der Waals surface area contributed by atoms with Crippen LogP contribution in [0, 0.1) is 0 Å². The molecule has 1 aromatic rings. The van der Waals surface area contributed by atoms with Gasteiger partial charge in [0.05, 0.1) is 0 Å². The van der Waals surface area contributed by atoms with E-state index < -0.39 is 0 Å². The second kappa shape index (κ2) is 3.20. The molecule has 1 unspecified atom stereocenters. The monoisotopic (exact) mass is 196 g/mol. The fraction of sp³-hybridized carbons (Fsp3) is 0.400. The first kappa shape index (κ1) is 8.85. The number of rotatable bonds is 0. The zero-order valence-corrected chi connectivity index (χ0v) is 8.36. The second-order valence-electron chi connectivity index (χ2n) is 3.45. The maximum Gasteiger partial charge on any atom is 0.0457 e. The van der Waals surface area contributed by atoms with Crippen molar-refractivity contribution in [2.24, 2.45) is 0 Å². The molecule has 1 aromatic carbocycles. The Morgan fingerprint density at radius 2 is 2.31 bits per heavy atom. The van der Waals surface area contributed by atoms with Crippen molar-refractivity contribution in [1.29, 1.82) is 0 Å². The van der Waals surface area contributed by atoms with E-state index in [1.807, 2.05) is 12.1 Å². The van der Waals surface area contributed by atoms with E-state index in [0.717, 1.165) is 23.7 Å². The first-order valence-electron chi connectivity index (χ1n) is 4.50. The first-order chi connectivity index (χ1) is 6.20. The summed E-state index contributed by atoms with van der Waals surface area (Å²) in [5.74, 6) is 0. The van der Waals surface area contributed by atoms with Gasteiger partial charge in [0.1, 0.15) is 0 Å². The minimum atomic E-state index is 0.319. The van der Waals surface area contributed by atoms with Gasteiger partial charge in [0.2, 0.25) is 0 Å². The van der Waals surface area contributed by atoms with Gasteiger partial charge in [-0.25, -0.2) is 0 Å². The zero-order valence-electron chi connectivity index (χ0n) is 7.60. The number of nitrogens with one attached hydrogen (secondary N) is 1. The second-order valence-corrected chi connectivity index (χ2v) is 3.86. The van der Waals surface area contributed by atoms with E-state index in [4.69, 9.17) is 17.3 Å². The number of nitrogens with two attached hydrogens (primary N) is 1. The van der Waals surface area contributed by atoms with Gasteiger partial charge in [-0.1, -0.05) is 11.6 Å². The van der Waals surface area contributed by atoms with Crippen molar-refractivity contribution in [1.82, 2.24) is 5.32 Å². The molecule has 1 atom stereocenters. The smallest absolute Gasteiger partial charge is 0.0457 e. The topological polar surface area (TPSA) is 38.0 Å². The number of fused-ring (bicyclic) bond motifs is 1. The van der Waals surface area contributed by atoms with E-state index in [0.29, 0.717) is 6.04 Å². The van der Waals surface area contributed by atoms with Crippen molar-refractivity contribution >= 4 is 17.3 Å². The van der Waals surface area contributed by atoms with Crippen LogP contribution in [0.3, 0.4) is 0 Å². The highest BCUT2D eigenvalue weighted by molar-refractivity contribution is 6.31. The summed E-state index contributed by atoms with van der Waals surface area (Å²) in [4.78, 5) is 0. The van der Waals surface area contributed by atoms with Crippen molar-refractivity contribution in [2.75, 3.05) is 12.3 Å². The fourth-order valence-corrected chi connectivity index (χ4v) is 2.26. The molecule has 0 amide bonds. The summed E-state index contributed by atoms with van der Waals surface area (Å²) in [6, 6.07) is 4.08. The fourth-order valence-electron chi connectivity index (χ4n) is 1.92. The highest BCUT2D eigenvalue weighted by Gasteiger charge is 2.20.